The van der Waals surface area contributed by atoms with Crippen molar-refractivity contribution in [3.63, 3.8) is 0 Å². The van der Waals surface area contributed by atoms with Crippen molar-refractivity contribution in [3.05, 3.63) is 0 Å². The standard InChI is InChI=1S/C6H14.C3H8S.C2H6/c1-4-5-6(2)3;1-3(2)4;1-2/h6H,4-5H2,1-3H3;3-4H,1-2H3;1-2H3. The Bertz CT molecular complexity index is 46.2. The predicted molar refractivity (Wildman–Crippen MR) is 65.2 cm³/mol. The van der Waals surface area contributed by atoms with Crippen LogP contribution in [-0.2, 0) is 0 Å². The summed E-state index contributed by atoms with van der Waals surface area (Å²) < 4.78 is 0. The van der Waals surface area contributed by atoms with E-state index in [1.165, 1.54) is 12.8 Å². The van der Waals surface area contributed by atoms with Gasteiger partial charge >= 0.3 is 0 Å². The van der Waals surface area contributed by atoms with Gasteiger partial charge in [-0.15, -0.1) is 0 Å². The van der Waals surface area contributed by atoms with Crippen LogP contribution in [-0.4, -0.2) is 5.25 Å². The Morgan fingerprint density at radius 3 is 1.25 bits per heavy atom. The van der Waals surface area contributed by atoms with Crippen LogP contribution >= 0.6 is 12.6 Å². The zero-order valence-electron chi connectivity index (χ0n) is 10.0. The second-order valence-corrected chi connectivity index (χ2v) is 4.31. The Kier molecular flexibility index (Phi) is 26.4. The van der Waals surface area contributed by atoms with Crippen LogP contribution in [0.2, 0.25) is 0 Å². The van der Waals surface area contributed by atoms with Gasteiger partial charge in [-0.05, 0) is 11.2 Å². The van der Waals surface area contributed by atoms with Crippen molar-refractivity contribution < 1.29 is 0 Å². The molecule has 0 heterocycles. The maximum Gasteiger partial charge on any atom is -0.00399 e. The van der Waals surface area contributed by atoms with Gasteiger partial charge in [0.05, 0.1) is 0 Å². The lowest BCUT2D eigenvalue weighted by molar-refractivity contribution is 0.576. The molecule has 0 unspecified atom stereocenters. The van der Waals surface area contributed by atoms with Crippen molar-refractivity contribution in [2.24, 2.45) is 5.92 Å². The van der Waals surface area contributed by atoms with Crippen LogP contribution in [0.4, 0.5) is 0 Å². The molecule has 0 aliphatic heterocycles. The number of hydrogen-bond donors (Lipinski definition) is 1. The van der Waals surface area contributed by atoms with E-state index in [9.17, 15) is 0 Å². The summed E-state index contributed by atoms with van der Waals surface area (Å²) in [6, 6.07) is 0. The van der Waals surface area contributed by atoms with Gasteiger partial charge in [0.2, 0.25) is 0 Å². The van der Waals surface area contributed by atoms with Crippen molar-refractivity contribution >= 4 is 12.6 Å². The first kappa shape index (κ1) is 18.2. The fraction of sp³-hybridized carbons (Fsp3) is 1.00. The van der Waals surface area contributed by atoms with E-state index in [0.717, 1.165) is 5.92 Å². The number of rotatable bonds is 2. The number of hydrogen-bond acceptors (Lipinski definition) is 1. The van der Waals surface area contributed by atoms with Crippen molar-refractivity contribution in [2.75, 3.05) is 0 Å². The first-order valence-corrected chi connectivity index (χ1v) is 5.70. The first-order chi connectivity index (χ1) is 5.50. The summed E-state index contributed by atoms with van der Waals surface area (Å²) in [7, 11) is 0. The zero-order chi connectivity index (χ0) is 10.6. The van der Waals surface area contributed by atoms with Crippen LogP contribution in [0.25, 0.3) is 0 Å². The molecule has 12 heavy (non-hydrogen) atoms. The van der Waals surface area contributed by atoms with Gasteiger partial charge in [-0.1, -0.05) is 61.3 Å². The zero-order valence-corrected chi connectivity index (χ0v) is 10.9. The smallest absolute Gasteiger partial charge is 0.00399 e. The van der Waals surface area contributed by atoms with Gasteiger partial charge in [-0.2, -0.15) is 12.6 Å². The molecule has 0 N–H and O–H groups in total. The minimum absolute atomic E-state index is 0.528. The summed E-state index contributed by atoms with van der Waals surface area (Å²) in [5.41, 5.74) is 0. The van der Waals surface area contributed by atoms with Gasteiger partial charge in [-0.3, -0.25) is 0 Å². The largest absolute Gasteiger partial charge is 0.177 e. The molecule has 0 fully saturated rings. The molecule has 0 amide bonds. The highest BCUT2D eigenvalue weighted by Gasteiger charge is 1.85. The molecule has 0 rings (SSSR count). The number of thiol groups is 1. The lowest BCUT2D eigenvalue weighted by Crippen LogP contribution is -1.81. The molecule has 1 heteroatoms. The average Bonchev–Trinajstić information content (AvgIpc) is 1.90. The fourth-order valence-electron chi connectivity index (χ4n) is 0.577. The van der Waals surface area contributed by atoms with Crippen LogP contribution < -0.4 is 0 Å². The second-order valence-electron chi connectivity index (χ2n) is 3.28. The minimum Gasteiger partial charge on any atom is -0.177 e. The summed E-state index contributed by atoms with van der Waals surface area (Å²) >= 11 is 3.97. The summed E-state index contributed by atoms with van der Waals surface area (Å²) in [6.07, 6.45) is 2.71. The highest BCUT2D eigenvalue weighted by molar-refractivity contribution is 7.80. The van der Waals surface area contributed by atoms with E-state index < -0.39 is 0 Å². The molecule has 0 aromatic heterocycles. The first-order valence-electron chi connectivity index (χ1n) is 5.18. The van der Waals surface area contributed by atoms with E-state index in [4.69, 9.17) is 0 Å². The van der Waals surface area contributed by atoms with E-state index in [-0.39, 0.29) is 0 Å². The Morgan fingerprint density at radius 2 is 1.25 bits per heavy atom. The van der Waals surface area contributed by atoms with Crippen molar-refractivity contribution in [1.29, 1.82) is 0 Å². The van der Waals surface area contributed by atoms with Crippen LogP contribution in [0.3, 0.4) is 0 Å². The maximum absolute atomic E-state index is 3.97. The van der Waals surface area contributed by atoms with E-state index in [2.05, 4.69) is 33.4 Å². The van der Waals surface area contributed by atoms with Crippen LogP contribution in [0.1, 0.15) is 61.3 Å². The molecule has 0 radical (unpaired) electrons. The van der Waals surface area contributed by atoms with E-state index in [1.807, 2.05) is 27.7 Å². The maximum atomic E-state index is 3.97. The van der Waals surface area contributed by atoms with Gasteiger partial charge in [0.25, 0.3) is 0 Å². The topological polar surface area (TPSA) is 0 Å². The Hall–Kier alpha value is 0.350. The third-order valence-corrected chi connectivity index (χ3v) is 0.866. The van der Waals surface area contributed by atoms with Crippen LogP contribution in [0.15, 0.2) is 0 Å². The van der Waals surface area contributed by atoms with Gasteiger partial charge in [0.1, 0.15) is 0 Å². The third kappa shape index (κ3) is 80.6. The van der Waals surface area contributed by atoms with E-state index >= 15 is 0 Å². The molecular formula is C11H28S. The Morgan fingerprint density at radius 1 is 1.00 bits per heavy atom. The molecule has 0 aromatic rings. The predicted octanol–water partition coefficient (Wildman–Crippen LogP) is 4.79. The Labute approximate surface area is 85.6 Å². The lowest BCUT2D eigenvalue weighted by Gasteiger charge is -1.95. The Balaban J connectivity index is -0.000000118. The molecule has 0 saturated heterocycles. The highest BCUT2D eigenvalue weighted by atomic mass is 32.1. The summed E-state index contributed by atoms with van der Waals surface area (Å²) in [4.78, 5) is 0. The highest BCUT2D eigenvalue weighted by Crippen LogP contribution is 2.00. The molecular weight excluding hydrogens is 164 g/mol. The average molecular weight is 192 g/mol. The third-order valence-electron chi connectivity index (χ3n) is 0.866. The molecule has 0 aliphatic carbocycles. The van der Waals surface area contributed by atoms with Gasteiger partial charge in [-0.25, -0.2) is 0 Å². The van der Waals surface area contributed by atoms with Gasteiger partial charge in [0, 0.05) is 0 Å². The molecule has 0 spiro atoms. The molecule has 0 bridgehead atoms. The quantitative estimate of drug-likeness (QED) is 0.597. The monoisotopic (exact) mass is 192 g/mol. The molecule has 0 saturated carbocycles. The molecule has 78 valence electrons. The molecule has 0 aromatic carbocycles. The summed E-state index contributed by atoms with van der Waals surface area (Å²) in [6.45, 7) is 14.8. The fourth-order valence-corrected chi connectivity index (χ4v) is 0.577. The SMILES string of the molecule is CC.CC(C)S.CCCC(C)C. The van der Waals surface area contributed by atoms with Crippen molar-refractivity contribution in [1.82, 2.24) is 0 Å². The van der Waals surface area contributed by atoms with E-state index in [1.54, 1.807) is 0 Å². The molecule has 0 aliphatic rings. The van der Waals surface area contributed by atoms with Crippen LogP contribution in [0.5, 0.6) is 0 Å². The van der Waals surface area contributed by atoms with Crippen molar-refractivity contribution in [2.45, 2.75) is 66.6 Å². The lowest BCUT2D eigenvalue weighted by atomic mass is 10.1. The van der Waals surface area contributed by atoms with Crippen LogP contribution in [0, 0.1) is 5.92 Å². The van der Waals surface area contributed by atoms with Crippen molar-refractivity contribution in [3.8, 4) is 0 Å². The normalized spacial score (nSPS) is 8.50. The van der Waals surface area contributed by atoms with Gasteiger partial charge in [0.15, 0.2) is 0 Å². The van der Waals surface area contributed by atoms with E-state index in [0.29, 0.717) is 5.25 Å². The summed E-state index contributed by atoms with van der Waals surface area (Å²) in [5, 5.41) is 0.528. The minimum atomic E-state index is 0.528. The molecule has 0 atom stereocenters. The van der Waals surface area contributed by atoms with Gasteiger partial charge < -0.3 is 0 Å². The molecule has 0 nitrogen and oxygen atoms in total. The second kappa shape index (κ2) is 17.4. The summed E-state index contributed by atoms with van der Waals surface area (Å²) in [5.74, 6) is 0.898.